The summed E-state index contributed by atoms with van der Waals surface area (Å²) in [4.78, 5) is 11.6. The highest BCUT2D eigenvalue weighted by atomic mass is 32.2. The summed E-state index contributed by atoms with van der Waals surface area (Å²) in [6, 6.07) is 3.19. The van der Waals surface area contributed by atoms with Crippen LogP contribution in [-0.4, -0.2) is 26.5 Å². The van der Waals surface area contributed by atoms with E-state index in [1.807, 2.05) is 32.9 Å². The Kier molecular flexibility index (Phi) is 4.96. The van der Waals surface area contributed by atoms with E-state index in [0.717, 1.165) is 5.56 Å². The molecule has 1 heterocycles. The average molecular weight is 337 g/mol. The molecule has 23 heavy (non-hydrogen) atoms. The van der Waals surface area contributed by atoms with Crippen molar-refractivity contribution in [3.63, 3.8) is 0 Å². The largest absolute Gasteiger partial charge is 0.453 e. The standard InChI is InChI=1S/C17H23NO4S/c1-10(2)16(14-6-7-15(19)22-14)18-23(20,21)17-12(4)8-11(3)9-13(17)5/h6-10,14,16,18H,1-5H3/t14-,16-/m0/s1. The summed E-state index contributed by atoms with van der Waals surface area (Å²) in [5, 5.41) is 0. The third-order valence-corrected chi connectivity index (χ3v) is 5.67. The molecule has 0 aromatic heterocycles. The van der Waals surface area contributed by atoms with Gasteiger partial charge in [0.05, 0.1) is 10.9 Å². The van der Waals surface area contributed by atoms with Crippen LogP contribution < -0.4 is 4.72 Å². The van der Waals surface area contributed by atoms with Gasteiger partial charge in [-0.25, -0.2) is 17.9 Å². The number of nitrogens with one attached hydrogen (secondary N) is 1. The second-order valence-electron chi connectivity index (χ2n) is 6.38. The van der Waals surface area contributed by atoms with Gasteiger partial charge in [-0.15, -0.1) is 0 Å². The van der Waals surface area contributed by atoms with Crippen molar-refractivity contribution in [2.24, 2.45) is 5.92 Å². The smallest absolute Gasteiger partial charge is 0.331 e. The van der Waals surface area contributed by atoms with Crippen molar-refractivity contribution in [3.05, 3.63) is 41.0 Å². The molecule has 0 bridgehead atoms. The zero-order valence-corrected chi connectivity index (χ0v) is 14.9. The molecule has 1 aromatic rings. The first-order valence-corrected chi connectivity index (χ1v) is 9.09. The number of benzene rings is 1. The van der Waals surface area contributed by atoms with Gasteiger partial charge in [-0.3, -0.25) is 0 Å². The fourth-order valence-corrected chi connectivity index (χ4v) is 4.84. The first-order valence-electron chi connectivity index (χ1n) is 7.61. The SMILES string of the molecule is Cc1cc(C)c(S(=O)(=O)N[C@@H](C(C)C)[C@@H]2C=CC(=O)O2)c(C)c1. The number of hydrogen-bond acceptors (Lipinski definition) is 4. The molecule has 126 valence electrons. The molecule has 0 unspecified atom stereocenters. The van der Waals surface area contributed by atoms with Gasteiger partial charge in [0, 0.05) is 6.08 Å². The Labute approximate surface area is 137 Å². The maximum Gasteiger partial charge on any atom is 0.331 e. The topological polar surface area (TPSA) is 72.5 Å². The first kappa shape index (κ1) is 17.7. The van der Waals surface area contributed by atoms with E-state index in [9.17, 15) is 13.2 Å². The lowest BCUT2D eigenvalue weighted by Crippen LogP contribution is -2.46. The third kappa shape index (κ3) is 3.82. The quantitative estimate of drug-likeness (QED) is 0.838. The van der Waals surface area contributed by atoms with Crippen LogP contribution in [0.2, 0.25) is 0 Å². The molecular weight excluding hydrogens is 314 g/mol. The fraction of sp³-hybridized carbons (Fsp3) is 0.471. The number of sulfonamides is 1. The summed E-state index contributed by atoms with van der Waals surface area (Å²) in [6.07, 6.45) is 2.35. The number of hydrogen-bond donors (Lipinski definition) is 1. The minimum atomic E-state index is -3.71. The van der Waals surface area contributed by atoms with Crippen LogP contribution in [0.3, 0.4) is 0 Å². The summed E-state index contributed by atoms with van der Waals surface area (Å²) in [5.41, 5.74) is 2.43. The van der Waals surface area contributed by atoms with Gasteiger partial charge in [-0.1, -0.05) is 31.5 Å². The maximum atomic E-state index is 12.9. The van der Waals surface area contributed by atoms with E-state index in [1.54, 1.807) is 19.9 Å². The normalized spacial score (nSPS) is 19.2. The molecule has 0 aliphatic carbocycles. The second kappa shape index (κ2) is 6.45. The van der Waals surface area contributed by atoms with Crippen LogP contribution in [-0.2, 0) is 19.6 Å². The van der Waals surface area contributed by atoms with E-state index >= 15 is 0 Å². The molecule has 1 N–H and O–H groups in total. The lowest BCUT2D eigenvalue weighted by Gasteiger charge is -2.27. The maximum absolute atomic E-state index is 12.9. The van der Waals surface area contributed by atoms with Crippen LogP contribution in [0.15, 0.2) is 29.2 Å². The summed E-state index contributed by atoms with van der Waals surface area (Å²) in [6.45, 7) is 9.29. The molecule has 6 heteroatoms. The van der Waals surface area contributed by atoms with Crippen LogP contribution in [0.25, 0.3) is 0 Å². The molecule has 0 radical (unpaired) electrons. The van der Waals surface area contributed by atoms with E-state index < -0.39 is 28.1 Å². The number of esters is 1. The number of rotatable bonds is 5. The van der Waals surface area contributed by atoms with Crippen molar-refractivity contribution < 1.29 is 17.9 Å². The lowest BCUT2D eigenvalue weighted by molar-refractivity contribution is -0.139. The van der Waals surface area contributed by atoms with E-state index in [-0.39, 0.29) is 5.92 Å². The Morgan fingerprint density at radius 2 is 1.70 bits per heavy atom. The van der Waals surface area contributed by atoms with Gasteiger partial charge in [0.15, 0.2) is 0 Å². The molecule has 0 saturated carbocycles. The van der Waals surface area contributed by atoms with Crippen molar-refractivity contribution in [2.45, 2.75) is 51.7 Å². The zero-order chi connectivity index (χ0) is 17.4. The molecule has 2 rings (SSSR count). The number of cyclic esters (lactones) is 1. The van der Waals surface area contributed by atoms with Crippen LogP contribution in [0, 0.1) is 26.7 Å². The first-order chi connectivity index (χ1) is 10.6. The summed E-state index contributed by atoms with van der Waals surface area (Å²) in [5.74, 6) is -0.473. The highest BCUT2D eigenvalue weighted by Gasteiger charge is 2.33. The Morgan fingerprint density at radius 3 is 2.13 bits per heavy atom. The third-order valence-electron chi connectivity index (χ3n) is 3.91. The van der Waals surface area contributed by atoms with Gasteiger partial charge in [0.25, 0.3) is 0 Å². The van der Waals surface area contributed by atoms with Crippen LogP contribution in [0.4, 0.5) is 0 Å². The Morgan fingerprint density at radius 1 is 1.13 bits per heavy atom. The highest BCUT2D eigenvalue weighted by molar-refractivity contribution is 7.89. The van der Waals surface area contributed by atoms with Gasteiger partial charge in [0.2, 0.25) is 10.0 Å². The molecule has 2 atom stereocenters. The van der Waals surface area contributed by atoms with Gasteiger partial charge < -0.3 is 4.74 Å². The molecule has 1 aliphatic heterocycles. The van der Waals surface area contributed by atoms with Gasteiger partial charge in [-0.05, 0) is 43.9 Å². The zero-order valence-electron chi connectivity index (χ0n) is 14.1. The van der Waals surface area contributed by atoms with Crippen LogP contribution >= 0.6 is 0 Å². The Balaban J connectivity index is 2.36. The van der Waals surface area contributed by atoms with E-state index in [0.29, 0.717) is 16.0 Å². The predicted octanol–water partition coefficient (Wildman–Crippen LogP) is 2.40. The molecule has 0 amide bonds. The van der Waals surface area contributed by atoms with Crippen LogP contribution in [0.1, 0.15) is 30.5 Å². The Hall–Kier alpha value is -1.66. The molecule has 0 saturated heterocycles. The van der Waals surface area contributed by atoms with Crippen molar-refractivity contribution in [2.75, 3.05) is 0 Å². The van der Waals surface area contributed by atoms with E-state index in [4.69, 9.17) is 4.74 Å². The number of carbonyl (C=O) groups is 1. The number of carbonyl (C=O) groups excluding carboxylic acids is 1. The molecule has 0 fully saturated rings. The molecule has 5 nitrogen and oxygen atoms in total. The number of aryl methyl sites for hydroxylation is 3. The minimum absolute atomic E-state index is 0.0311. The van der Waals surface area contributed by atoms with Crippen molar-refractivity contribution in [1.29, 1.82) is 0 Å². The molecule has 1 aromatic carbocycles. The molecule has 0 spiro atoms. The average Bonchev–Trinajstić information content (AvgIpc) is 2.80. The van der Waals surface area contributed by atoms with Gasteiger partial charge >= 0.3 is 5.97 Å². The number of ether oxygens (including phenoxy) is 1. The molecule has 1 aliphatic rings. The second-order valence-corrected chi connectivity index (χ2v) is 8.03. The van der Waals surface area contributed by atoms with Crippen molar-refractivity contribution in [1.82, 2.24) is 4.72 Å². The summed E-state index contributed by atoms with van der Waals surface area (Å²) in [7, 11) is -3.71. The summed E-state index contributed by atoms with van der Waals surface area (Å²) < 4.78 is 33.6. The minimum Gasteiger partial charge on any atom is -0.453 e. The van der Waals surface area contributed by atoms with Gasteiger partial charge in [-0.2, -0.15) is 0 Å². The fourth-order valence-electron chi connectivity index (χ4n) is 2.99. The highest BCUT2D eigenvalue weighted by Crippen LogP contribution is 2.24. The van der Waals surface area contributed by atoms with Crippen LogP contribution in [0.5, 0.6) is 0 Å². The van der Waals surface area contributed by atoms with Crippen molar-refractivity contribution in [3.8, 4) is 0 Å². The summed E-state index contributed by atoms with van der Waals surface area (Å²) >= 11 is 0. The van der Waals surface area contributed by atoms with Gasteiger partial charge in [0.1, 0.15) is 6.10 Å². The lowest BCUT2D eigenvalue weighted by atomic mass is 10.00. The van der Waals surface area contributed by atoms with E-state index in [1.165, 1.54) is 6.08 Å². The van der Waals surface area contributed by atoms with Crippen molar-refractivity contribution >= 4 is 16.0 Å². The Bertz CT molecular complexity index is 727. The molecular formula is C17H23NO4S. The van der Waals surface area contributed by atoms with E-state index in [2.05, 4.69) is 4.72 Å². The predicted molar refractivity (Wildman–Crippen MR) is 88.6 cm³/mol. The monoisotopic (exact) mass is 337 g/mol.